The second kappa shape index (κ2) is 21.3. The van der Waals surface area contributed by atoms with Crippen molar-refractivity contribution in [3.05, 3.63) is 119 Å². The summed E-state index contributed by atoms with van der Waals surface area (Å²) in [4.78, 5) is 49.2. The maximum absolute atomic E-state index is 13.7. The molecular weight excluding hydrogens is 765 g/mol. The fraction of sp³-hybridized carbons (Fsp3) is 0.282. The molecule has 1 aliphatic carbocycles. The van der Waals surface area contributed by atoms with Crippen LogP contribution in [0.1, 0.15) is 74.8 Å². The van der Waals surface area contributed by atoms with Crippen molar-refractivity contribution in [2.75, 3.05) is 24.3 Å². The fourth-order valence-electron chi connectivity index (χ4n) is 6.35. The zero-order valence-electron chi connectivity index (χ0n) is 30.8. The Kier molecular flexibility index (Phi) is 18.2. The number of carbonyl (C=O) groups excluding carboxylic acids is 4. The van der Waals surface area contributed by atoms with Gasteiger partial charge in [-0.05, 0) is 110 Å². The molecule has 0 unspecified atom stereocenters. The molecule has 5 rings (SSSR count). The Morgan fingerprint density at radius 3 is 1.93 bits per heavy atom. The molecule has 0 bridgehead atoms. The van der Waals surface area contributed by atoms with Crippen molar-refractivity contribution in [1.82, 2.24) is 4.31 Å². The second-order valence-corrected chi connectivity index (χ2v) is 14.5. The van der Waals surface area contributed by atoms with Gasteiger partial charge in [0.05, 0.1) is 29.2 Å². The molecule has 12 nitrogen and oxygen atoms in total. The standard InChI is InChI=1S/C39H41N3O9S.2K/c1-3-42(31-19-15-28(16-20-31)39(47)48)52(49,50)33-6-4-5-29(23-33)36(43)41-35-22-21-32(51-2)24-34(35)37(44)40-30-17-11-26(12-18-30)8-7-25-9-13-27(14-10-25)38(45)46;;/h4-6,9-14,17-18,21-24,28,31H,3,7-8,15-16,19-20H2,1-2H3,(H,40,44)(H,41,43)(H,45,46)(H,47,48);;/q;2*+1/p-2/t28-,31-;;. The normalized spacial score (nSPS) is 15.2. The van der Waals surface area contributed by atoms with Gasteiger partial charge >= 0.3 is 103 Å². The van der Waals surface area contributed by atoms with Crippen molar-refractivity contribution < 1.29 is 145 Å². The molecule has 0 aliphatic heterocycles. The van der Waals surface area contributed by atoms with Crippen LogP contribution in [0.25, 0.3) is 0 Å². The number of aliphatic carboxylic acids is 1. The number of aryl methyl sites for hydroxylation is 2. The van der Waals surface area contributed by atoms with E-state index in [2.05, 4.69) is 10.6 Å². The van der Waals surface area contributed by atoms with Crippen molar-refractivity contribution in [2.24, 2.45) is 5.92 Å². The molecule has 1 aliphatic rings. The van der Waals surface area contributed by atoms with Gasteiger partial charge in [-0.1, -0.05) is 49.4 Å². The van der Waals surface area contributed by atoms with Crippen LogP contribution in [0.5, 0.6) is 5.75 Å². The Hall–Kier alpha value is -2.26. The number of carbonyl (C=O) groups is 4. The van der Waals surface area contributed by atoms with Gasteiger partial charge in [-0.15, -0.1) is 0 Å². The van der Waals surface area contributed by atoms with Gasteiger partial charge in [-0.3, -0.25) is 9.59 Å². The summed E-state index contributed by atoms with van der Waals surface area (Å²) in [6, 6.07) is 23.7. The van der Waals surface area contributed by atoms with E-state index < -0.39 is 39.7 Å². The Labute approximate surface area is 400 Å². The van der Waals surface area contributed by atoms with Crippen LogP contribution in [0, 0.1) is 5.92 Å². The first-order chi connectivity index (χ1) is 24.9. The van der Waals surface area contributed by atoms with Crippen LogP contribution in [-0.4, -0.2) is 56.2 Å². The van der Waals surface area contributed by atoms with E-state index in [1.807, 2.05) is 12.1 Å². The maximum Gasteiger partial charge on any atom is 1.00 e. The molecule has 0 radical (unpaired) electrons. The molecule has 272 valence electrons. The number of anilines is 2. The van der Waals surface area contributed by atoms with Crippen LogP contribution >= 0.6 is 0 Å². The first kappa shape index (κ1) is 46.1. The molecule has 54 heavy (non-hydrogen) atoms. The van der Waals surface area contributed by atoms with Crippen LogP contribution in [-0.2, 0) is 27.7 Å². The van der Waals surface area contributed by atoms with E-state index in [0.717, 1.165) is 11.1 Å². The minimum atomic E-state index is -4.02. The minimum absolute atomic E-state index is 0. The van der Waals surface area contributed by atoms with Gasteiger partial charge in [0.2, 0.25) is 10.0 Å². The number of sulfonamides is 1. The molecule has 1 saturated carbocycles. The number of carboxylic acid groups (broad SMARTS) is 2. The molecule has 0 aromatic heterocycles. The Bertz CT molecular complexity index is 2050. The number of benzene rings is 4. The summed E-state index contributed by atoms with van der Waals surface area (Å²) >= 11 is 0. The number of amides is 2. The van der Waals surface area contributed by atoms with E-state index in [9.17, 15) is 37.8 Å². The number of nitrogens with one attached hydrogen (secondary N) is 2. The van der Waals surface area contributed by atoms with Crippen molar-refractivity contribution in [3.8, 4) is 5.75 Å². The molecular formula is C39H39K2N3O9S. The molecule has 4 aromatic rings. The van der Waals surface area contributed by atoms with Crippen LogP contribution < -0.4 is 128 Å². The van der Waals surface area contributed by atoms with Crippen molar-refractivity contribution >= 4 is 45.2 Å². The predicted molar refractivity (Wildman–Crippen MR) is 190 cm³/mol. The van der Waals surface area contributed by atoms with E-state index in [0.29, 0.717) is 50.0 Å². The van der Waals surface area contributed by atoms with E-state index in [4.69, 9.17) is 4.74 Å². The Morgan fingerprint density at radius 2 is 1.37 bits per heavy atom. The van der Waals surface area contributed by atoms with Gasteiger partial charge in [0.1, 0.15) is 5.75 Å². The van der Waals surface area contributed by atoms with E-state index in [1.165, 1.54) is 59.9 Å². The number of rotatable bonds is 14. The molecule has 0 atom stereocenters. The fourth-order valence-corrected chi connectivity index (χ4v) is 8.09. The number of carboxylic acids is 2. The Morgan fingerprint density at radius 1 is 0.759 bits per heavy atom. The average molecular weight is 804 g/mol. The number of ether oxygens (including phenoxy) is 1. The average Bonchev–Trinajstić information content (AvgIpc) is 3.15. The van der Waals surface area contributed by atoms with Gasteiger partial charge in [-0.2, -0.15) is 4.31 Å². The third-order valence-corrected chi connectivity index (χ3v) is 11.3. The number of aromatic carboxylic acids is 1. The summed E-state index contributed by atoms with van der Waals surface area (Å²) in [5.74, 6) is -3.70. The molecule has 2 N–H and O–H groups in total. The smallest absolute Gasteiger partial charge is 0.550 e. The van der Waals surface area contributed by atoms with Crippen LogP contribution in [0.4, 0.5) is 11.4 Å². The number of hydrogen-bond donors (Lipinski definition) is 2. The third kappa shape index (κ3) is 11.9. The van der Waals surface area contributed by atoms with E-state index in [1.54, 1.807) is 37.3 Å². The van der Waals surface area contributed by atoms with E-state index >= 15 is 0 Å². The predicted octanol–water partition coefficient (Wildman–Crippen LogP) is -2.32. The topological polar surface area (TPSA) is 185 Å². The summed E-state index contributed by atoms with van der Waals surface area (Å²) in [7, 11) is -2.57. The van der Waals surface area contributed by atoms with Crippen molar-refractivity contribution in [2.45, 2.75) is 56.4 Å². The van der Waals surface area contributed by atoms with Crippen LogP contribution in [0.15, 0.2) is 95.9 Å². The zero-order valence-corrected chi connectivity index (χ0v) is 37.9. The maximum atomic E-state index is 13.7. The third-order valence-electron chi connectivity index (χ3n) is 9.28. The number of methoxy groups -OCH3 is 1. The summed E-state index contributed by atoms with van der Waals surface area (Å²) in [6.45, 7) is 1.89. The zero-order chi connectivity index (χ0) is 37.4. The molecule has 0 heterocycles. The molecule has 0 saturated heterocycles. The van der Waals surface area contributed by atoms with Crippen molar-refractivity contribution in [1.29, 1.82) is 0 Å². The summed E-state index contributed by atoms with van der Waals surface area (Å²) < 4.78 is 34.1. The largest absolute Gasteiger partial charge is 1.00 e. The van der Waals surface area contributed by atoms with E-state index in [-0.39, 0.29) is 143 Å². The van der Waals surface area contributed by atoms with Gasteiger partial charge < -0.3 is 35.2 Å². The molecule has 1 fully saturated rings. The van der Waals surface area contributed by atoms with Gasteiger partial charge in [-0.25, -0.2) is 8.42 Å². The van der Waals surface area contributed by atoms with Gasteiger partial charge in [0.25, 0.3) is 11.8 Å². The summed E-state index contributed by atoms with van der Waals surface area (Å²) in [6.07, 6.45) is 2.82. The van der Waals surface area contributed by atoms with Crippen molar-refractivity contribution in [3.63, 3.8) is 0 Å². The minimum Gasteiger partial charge on any atom is -0.550 e. The monoisotopic (exact) mass is 803 g/mol. The second-order valence-electron chi connectivity index (χ2n) is 12.6. The first-order valence-corrected chi connectivity index (χ1v) is 18.4. The van der Waals surface area contributed by atoms with Gasteiger partial charge in [0.15, 0.2) is 0 Å². The molecule has 15 heteroatoms. The molecule has 0 spiro atoms. The van der Waals surface area contributed by atoms with Crippen LogP contribution in [0.3, 0.4) is 0 Å². The first-order valence-electron chi connectivity index (χ1n) is 16.9. The number of hydrogen-bond acceptors (Lipinski definition) is 9. The SMILES string of the molecule is CCN([C@H]1CC[C@H](C(=O)[O-])CC1)S(=O)(=O)c1cccc(C(=O)Nc2ccc(OC)cc2C(=O)Nc2ccc(CCc3ccc(C(=O)[O-])cc3)cc2)c1.[K+].[K+]. The molecule has 4 aromatic carbocycles. The number of nitrogens with zero attached hydrogens (tertiary/aromatic N) is 1. The summed E-state index contributed by atoms with van der Waals surface area (Å²) in [5.41, 5.74) is 2.97. The Balaban J connectivity index is 0.00000392. The van der Waals surface area contributed by atoms with Crippen LogP contribution in [0.2, 0.25) is 0 Å². The van der Waals surface area contributed by atoms with Gasteiger partial charge in [0, 0.05) is 29.8 Å². The molecule has 2 amide bonds. The quantitative estimate of drug-likeness (QED) is 0.132. The summed E-state index contributed by atoms with van der Waals surface area (Å²) in [5, 5.41) is 27.8.